The smallest absolute Gasteiger partial charge is 0.304 e. The first-order valence-corrected chi connectivity index (χ1v) is 12.0. The number of hydrogen-bond acceptors (Lipinski definition) is 4. The average molecular weight is 461 g/mol. The number of amides is 2. The Morgan fingerprint density at radius 3 is 2.00 bits per heavy atom. The first-order chi connectivity index (χ1) is 15.2. The number of para-hydroxylation sites is 1. The summed E-state index contributed by atoms with van der Waals surface area (Å²) in [6.07, 6.45) is 0.399. The second-order valence-corrected chi connectivity index (χ2v) is 9.52. The van der Waals surface area contributed by atoms with Crippen LogP contribution in [0.15, 0.2) is 60.7 Å². The minimum absolute atomic E-state index is 0.194. The van der Waals surface area contributed by atoms with Crippen molar-refractivity contribution in [1.82, 2.24) is 14.5 Å². The second-order valence-electron chi connectivity index (χ2n) is 7.46. The van der Waals surface area contributed by atoms with Crippen molar-refractivity contribution in [3.05, 3.63) is 66.2 Å². The van der Waals surface area contributed by atoms with E-state index in [-0.39, 0.29) is 12.5 Å². The van der Waals surface area contributed by atoms with Crippen LogP contribution < -0.4 is 9.62 Å². The molecule has 0 bridgehead atoms. The lowest BCUT2D eigenvalue weighted by Crippen LogP contribution is -2.53. The highest BCUT2D eigenvalue weighted by molar-refractivity contribution is 7.90. The van der Waals surface area contributed by atoms with Crippen molar-refractivity contribution in [2.75, 3.05) is 31.5 Å². The van der Waals surface area contributed by atoms with Gasteiger partial charge in [0.15, 0.2) is 0 Å². The molecule has 2 rings (SSSR count). The van der Waals surface area contributed by atoms with E-state index in [1.54, 1.807) is 30.3 Å². The summed E-state index contributed by atoms with van der Waals surface area (Å²) in [5, 5.41) is 2.78. The lowest BCUT2D eigenvalue weighted by atomic mass is 10.1. The van der Waals surface area contributed by atoms with Crippen LogP contribution in [0.2, 0.25) is 0 Å². The molecule has 9 heteroatoms. The van der Waals surface area contributed by atoms with Crippen molar-refractivity contribution in [2.24, 2.45) is 0 Å². The van der Waals surface area contributed by atoms with Gasteiger partial charge in [0.2, 0.25) is 11.8 Å². The lowest BCUT2D eigenvalue weighted by Gasteiger charge is -2.33. The largest absolute Gasteiger partial charge is 0.355 e. The molecule has 0 unspecified atom stereocenters. The van der Waals surface area contributed by atoms with Gasteiger partial charge in [0.25, 0.3) is 0 Å². The predicted molar refractivity (Wildman–Crippen MR) is 126 cm³/mol. The molecule has 0 aliphatic rings. The van der Waals surface area contributed by atoms with Gasteiger partial charge in [-0.2, -0.15) is 12.7 Å². The minimum atomic E-state index is -3.94. The molecule has 0 fully saturated rings. The van der Waals surface area contributed by atoms with Gasteiger partial charge in [-0.25, -0.2) is 4.31 Å². The molecule has 0 radical (unpaired) electrons. The summed E-state index contributed by atoms with van der Waals surface area (Å²) in [5.74, 6) is -0.720. The van der Waals surface area contributed by atoms with E-state index < -0.39 is 28.7 Å². The maximum Gasteiger partial charge on any atom is 0.304 e. The highest BCUT2D eigenvalue weighted by atomic mass is 32.2. The highest BCUT2D eigenvalue weighted by Gasteiger charge is 2.33. The Labute approximate surface area is 191 Å². The molecular formula is C23H32N4O4S. The van der Waals surface area contributed by atoms with Crippen LogP contribution >= 0.6 is 0 Å². The molecule has 2 amide bonds. The minimum Gasteiger partial charge on any atom is -0.355 e. The van der Waals surface area contributed by atoms with Gasteiger partial charge in [-0.15, -0.1) is 0 Å². The maximum atomic E-state index is 13.5. The van der Waals surface area contributed by atoms with Crippen LogP contribution in [-0.4, -0.2) is 62.7 Å². The average Bonchev–Trinajstić information content (AvgIpc) is 2.78. The van der Waals surface area contributed by atoms with E-state index in [9.17, 15) is 18.0 Å². The van der Waals surface area contributed by atoms with Gasteiger partial charge in [-0.1, -0.05) is 55.5 Å². The summed E-state index contributed by atoms with van der Waals surface area (Å²) in [5.41, 5.74) is 1.23. The Kier molecular flexibility index (Phi) is 9.22. The molecule has 0 saturated carbocycles. The van der Waals surface area contributed by atoms with Crippen molar-refractivity contribution in [2.45, 2.75) is 32.9 Å². The Hall–Kier alpha value is -2.91. The van der Waals surface area contributed by atoms with E-state index in [1.165, 1.54) is 19.0 Å². The van der Waals surface area contributed by atoms with Gasteiger partial charge in [0, 0.05) is 27.2 Å². The van der Waals surface area contributed by atoms with Crippen LogP contribution in [0.5, 0.6) is 0 Å². The number of nitrogens with one attached hydrogen (secondary N) is 1. The van der Waals surface area contributed by atoms with E-state index in [0.29, 0.717) is 18.7 Å². The number of rotatable bonds is 11. The fourth-order valence-corrected chi connectivity index (χ4v) is 4.36. The first kappa shape index (κ1) is 25.4. The number of carbonyl (C=O) groups is 2. The Balaban J connectivity index is 2.44. The molecule has 2 aromatic rings. The zero-order chi connectivity index (χ0) is 23.7. The van der Waals surface area contributed by atoms with E-state index in [0.717, 1.165) is 14.2 Å². The Bertz CT molecular complexity index is 982. The number of nitrogens with zero attached hydrogens (tertiary/aromatic N) is 3. The van der Waals surface area contributed by atoms with Crippen molar-refractivity contribution >= 4 is 27.7 Å². The molecule has 0 aromatic heterocycles. The summed E-state index contributed by atoms with van der Waals surface area (Å²) in [6.45, 7) is 3.85. The molecule has 0 saturated heterocycles. The van der Waals surface area contributed by atoms with Crippen LogP contribution in [0.4, 0.5) is 5.69 Å². The summed E-state index contributed by atoms with van der Waals surface area (Å²) in [6, 6.07) is 17.1. The molecule has 1 N–H and O–H groups in total. The van der Waals surface area contributed by atoms with Gasteiger partial charge in [-0.05, 0) is 31.0 Å². The highest BCUT2D eigenvalue weighted by Crippen LogP contribution is 2.21. The normalized spacial score (nSPS) is 12.3. The molecule has 2 aromatic carbocycles. The molecule has 32 heavy (non-hydrogen) atoms. The van der Waals surface area contributed by atoms with Gasteiger partial charge in [0.1, 0.15) is 12.6 Å². The Morgan fingerprint density at radius 2 is 1.50 bits per heavy atom. The number of benzene rings is 2. The predicted octanol–water partition coefficient (Wildman–Crippen LogP) is 2.24. The van der Waals surface area contributed by atoms with Gasteiger partial charge >= 0.3 is 10.2 Å². The van der Waals surface area contributed by atoms with Crippen LogP contribution in [-0.2, 0) is 26.3 Å². The van der Waals surface area contributed by atoms with Gasteiger partial charge in [0.05, 0.1) is 5.69 Å². The third-order valence-electron chi connectivity index (χ3n) is 5.00. The third kappa shape index (κ3) is 6.30. The monoisotopic (exact) mass is 460 g/mol. The molecular weight excluding hydrogens is 428 g/mol. The summed E-state index contributed by atoms with van der Waals surface area (Å²) >= 11 is 0. The van der Waals surface area contributed by atoms with Crippen molar-refractivity contribution in [1.29, 1.82) is 0 Å². The van der Waals surface area contributed by atoms with Crippen LogP contribution in [0, 0.1) is 0 Å². The van der Waals surface area contributed by atoms with Crippen LogP contribution in [0.25, 0.3) is 0 Å². The maximum absolute atomic E-state index is 13.5. The first-order valence-electron chi connectivity index (χ1n) is 10.6. The zero-order valence-corrected chi connectivity index (χ0v) is 19.9. The van der Waals surface area contributed by atoms with Crippen molar-refractivity contribution in [3.63, 3.8) is 0 Å². The second kappa shape index (κ2) is 11.6. The molecule has 0 spiro atoms. The van der Waals surface area contributed by atoms with Gasteiger partial charge < -0.3 is 10.2 Å². The fourth-order valence-electron chi connectivity index (χ4n) is 3.30. The topological polar surface area (TPSA) is 90.0 Å². The van der Waals surface area contributed by atoms with Crippen LogP contribution in [0.1, 0.15) is 25.8 Å². The molecule has 0 aliphatic heterocycles. The molecule has 8 nitrogen and oxygen atoms in total. The fraction of sp³-hybridized carbons (Fsp3) is 0.391. The zero-order valence-electron chi connectivity index (χ0n) is 19.1. The van der Waals surface area contributed by atoms with Crippen molar-refractivity contribution in [3.8, 4) is 0 Å². The number of anilines is 1. The SMILES string of the molecule is CCNC(=O)[C@H](CC)N(Cc1ccccc1)C(=O)CN(c1ccccc1)S(=O)(=O)N(C)C. The lowest BCUT2D eigenvalue weighted by molar-refractivity contribution is -0.140. The van der Waals surface area contributed by atoms with E-state index in [1.807, 2.05) is 44.2 Å². The summed E-state index contributed by atoms with van der Waals surface area (Å²) in [7, 11) is -1.10. The number of carbonyl (C=O) groups excluding carboxylic acids is 2. The summed E-state index contributed by atoms with van der Waals surface area (Å²) in [4.78, 5) is 27.7. The number of likely N-dealkylation sites (N-methyl/N-ethyl adjacent to an activating group) is 1. The Morgan fingerprint density at radius 1 is 0.938 bits per heavy atom. The van der Waals surface area contributed by atoms with E-state index in [4.69, 9.17) is 0 Å². The summed E-state index contributed by atoms with van der Waals surface area (Å²) < 4.78 is 28.2. The van der Waals surface area contributed by atoms with Gasteiger partial charge in [-0.3, -0.25) is 9.59 Å². The molecule has 174 valence electrons. The quantitative estimate of drug-likeness (QED) is 0.557. The van der Waals surface area contributed by atoms with Crippen molar-refractivity contribution < 1.29 is 18.0 Å². The molecule has 1 atom stereocenters. The van der Waals surface area contributed by atoms with Crippen LogP contribution in [0.3, 0.4) is 0 Å². The molecule has 0 heterocycles. The third-order valence-corrected chi connectivity index (χ3v) is 6.82. The van der Waals surface area contributed by atoms with E-state index >= 15 is 0 Å². The van der Waals surface area contributed by atoms with E-state index in [2.05, 4.69) is 5.32 Å². The standard InChI is InChI=1S/C23H32N4O4S/c1-5-21(23(29)24-6-2)26(17-19-13-9-7-10-14-19)22(28)18-27(32(30,31)25(3)4)20-15-11-8-12-16-20/h7-16,21H,5-6,17-18H2,1-4H3,(H,24,29)/t21-/m0/s1. The molecule has 0 aliphatic carbocycles. The number of hydrogen-bond donors (Lipinski definition) is 1.